The molecule has 0 spiro atoms. The molecule has 124 valence electrons. The van der Waals surface area contributed by atoms with Crippen LogP contribution in [0.5, 0.6) is 5.75 Å². The maximum atomic E-state index is 12.4. The van der Waals surface area contributed by atoms with E-state index in [9.17, 15) is 4.79 Å². The molecule has 8 nitrogen and oxygen atoms in total. The highest BCUT2D eigenvalue weighted by atomic mass is 16.5. The molecule has 0 saturated heterocycles. The monoisotopic (exact) mass is 326 g/mol. The molecule has 1 aromatic carbocycles. The maximum absolute atomic E-state index is 12.4. The summed E-state index contributed by atoms with van der Waals surface area (Å²) < 4.78 is 5.35. The lowest BCUT2D eigenvalue weighted by molar-refractivity contribution is 0.249. The van der Waals surface area contributed by atoms with E-state index in [2.05, 4.69) is 30.8 Å². The Kier molecular flexibility index (Phi) is 4.28. The summed E-state index contributed by atoms with van der Waals surface area (Å²) in [6, 6.07) is 6.59. The number of hydrogen-bond donors (Lipinski definition) is 3. The van der Waals surface area contributed by atoms with Crippen molar-refractivity contribution in [3.63, 3.8) is 0 Å². The van der Waals surface area contributed by atoms with Gasteiger partial charge >= 0.3 is 6.03 Å². The van der Waals surface area contributed by atoms with E-state index >= 15 is 0 Å². The van der Waals surface area contributed by atoms with E-state index in [1.165, 1.54) is 0 Å². The number of nitrogens with one attached hydrogen (secondary N) is 3. The summed E-state index contributed by atoms with van der Waals surface area (Å²) in [5.74, 6) is 1.78. The van der Waals surface area contributed by atoms with Crippen LogP contribution < -0.4 is 15.4 Å². The number of H-pyrrole nitrogens is 1. The number of fused-ring (bicyclic) bond motifs is 1. The summed E-state index contributed by atoms with van der Waals surface area (Å²) in [6.07, 6.45) is 1.70. The molecule has 0 saturated carbocycles. The molecule has 2 amide bonds. The van der Waals surface area contributed by atoms with Crippen molar-refractivity contribution in [1.82, 2.24) is 25.5 Å². The first kappa shape index (κ1) is 15.7. The van der Waals surface area contributed by atoms with E-state index in [-0.39, 0.29) is 12.1 Å². The van der Waals surface area contributed by atoms with Crippen LogP contribution in [0.3, 0.4) is 0 Å². The molecule has 3 aromatic rings. The predicted octanol–water partition coefficient (Wildman–Crippen LogP) is 2.55. The summed E-state index contributed by atoms with van der Waals surface area (Å²) in [6.45, 7) is 3.61. The van der Waals surface area contributed by atoms with E-state index < -0.39 is 0 Å². The number of hydrogen-bond acceptors (Lipinski definition) is 5. The number of ether oxygens (including phenoxy) is 1. The number of methoxy groups -OCH3 is 1. The highest BCUT2D eigenvalue weighted by Crippen LogP contribution is 2.32. The van der Waals surface area contributed by atoms with Crippen LogP contribution in [-0.4, -0.2) is 33.3 Å². The first-order valence-corrected chi connectivity index (χ1v) is 7.46. The highest BCUT2D eigenvalue weighted by molar-refractivity contribution is 6.03. The third kappa shape index (κ3) is 3.12. The number of urea groups is 1. The molecular weight excluding hydrogens is 308 g/mol. The fourth-order valence-electron chi connectivity index (χ4n) is 2.40. The van der Waals surface area contributed by atoms with Crippen LogP contribution in [0.4, 0.5) is 10.5 Å². The number of amides is 2. The number of aromatic nitrogens is 4. The average Bonchev–Trinajstić information content (AvgIpc) is 3.02. The lowest BCUT2D eigenvalue weighted by Gasteiger charge is -2.15. The van der Waals surface area contributed by atoms with Crippen molar-refractivity contribution in [1.29, 1.82) is 0 Å². The van der Waals surface area contributed by atoms with Gasteiger partial charge in [-0.3, -0.25) is 10.1 Å². The van der Waals surface area contributed by atoms with Gasteiger partial charge in [-0.05, 0) is 38.1 Å². The molecule has 2 aromatic heterocycles. The summed E-state index contributed by atoms with van der Waals surface area (Å²) in [5.41, 5.74) is 1.34. The number of benzene rings is 1. The Morgan fingerprint density at radius 1 is 1.33 bits per heavy atom. The lowest BCUT2D eigenvalue weighted by atomic mass is 10.1. The van der Waals surface area contributed by atoms with Crippen molar-refractivity contribution in [2.24, 2.45) is 0 Å². The van der Waals surface area contributed by atoms with Crippen LogP contribution >= 0.6 is 0 Å². The van der Waals surface area contributed by atoms with Gasteiger partial charge in [-0.15, -0.1) is 0 Å². The third-order valence-electron chi connectivity index (χ3n) is 3.55. The minimum atomic E-state index is -0.375. The van der Waals surface area contributed by atoms with Crippen LogP contribution in [-0.2, 0) is 0 Å². The molecule has 8 heteroatoms. The number of carbonyl (C=O) groups excluding carboxylic acids is 1. The second kappa shape index (κ2) is 6.53. The van der Waals surface area contributed by atoms with Crippen LogP contribution in [0, 0.1) is 6.92 Å². The van der Waals surface area contributed by atoms with E-state index in [0.29, 0.717) is 23.1 Å². The number of aryl methyl sites for hydroxylation is 1. The fourth-order valence-corrected chi connectivity index (χ4v) is 2.40. The second-order valence-electron chi connectivity index (χ2n) is 5.31. The zero-order valence-electron chi connectivity index (χ0n) is 13.6. The molecule has 1 atom stereocenters. The Labute approximate surface area is 138 Å². The summed E-state index contributed by atoms with van der Waals surface area (Å²) >= 11 is 0. The second-order valence-corrected chi connectivity index (χ2v) is 5.31. The molecule has 0 bridgehead atoms. The highest BCUT2D eigenvalue weighted by Gasteiger charge is 2.16. The number of rotatable bonds is 4. The number of pyridine rings is 1. The number of carbonyl (C=O) groups is 1. The van der Waals surface area contributed by atoms with Gasteiger partial charge in [-0.2, -0.15) is 5.10 Å². The average molecular weight is 326 g/mol. The Balaban J connectivity index is 1.82. The van der Waals surface area contributed by atoms with E-state index in [4.69, 9.17) is 4.74 Å². The third-order valence-corrected chi connectivity index (χ3v) is 3.55. The van der Waals surface area contributed by atoms with Crippen molar-refractivity contribution in [3.8, 4) is 5.75 Å². The van der Waals surface area contributed by atoms with Gasteiger partial charge in [0.15, 0.2) is 5.82 Å². The SMILES string of the molecule is COc1ccc2ncccc2c1NC(=O)NC(C)c1n[nH]c(C)n1. The standard InChI is InChI=1S/C16H18N6O2/c1-9(15-19-10(2)21-22-15)18-16(23)20-14-11-5-4-8-17-12(11)6-7-13(14)24-3/h4-9H,1-3H3,(H2,18,20,23)(H,19,21,22). The normalized spacial score (nSPS) is 12.0. The largest absolute Gasteiger partial charge is 0.495 e. The Morgan fingerprint density at radius 2 is 2.17 bits per heavy atom. The Bertz CT molecular complexity index is 876. The van der Waals surface area contributed by atoms with Gasteiger partial charge in [-0.25, -0.2) is 9.78 Å². The molecule has 3 rings (SSSR count). The summed E-state index contributed by atoms with van der Waals surface area (Å²) in [4.78, 5) is 20.8. The predicted molar refractivity (Wildman–Crippen MR) is 90.0 cm³/mol. The molecule has 0 aliphatic carbocycles. The molecule has 24 heavy (non-hydrogen) atoms. The molecule has 0 aliphatic heterocycles. The lowest BCUT2D eigenvalue weighted by Crippen LogP contribution is -2.32. The quantitative estimate of drug-likeness (QED) is 0.683. The first-order chi connectivity index (χ1) is 11.6. The Morgan fingerprint density at radius 3 is 2.88 bits per heavy atom. The van der Waals surface area contributed by atoms with E-state index in [1.54, 1.807) is 26.3 Å². The van der Waals surface area contributed by atoms with Gasteiger partial charge in [0.1, 0.15) is 11.6 Å². The zero-order valence-corrected chi connectivity index (χ0v) is 13.6. The molecule has 2 heterocycles. The Hall–Kier alpha value is -3.16. The van der Waals surface area contributed by atoms with Crippen LogP contribution in [0.2, 0.25) is 0 Å². The minimum Gasteiger partial charge on any atom is -0.495 e. The molecule has 1 unspecified atom stereocenters. The number of nitrogens with zero attached hydrogens (tertiary/aromatic N) is 3. The van der Waals surface area contributed by atoms with Crippen molar-refractivity contribution in [3.05, 3.63) is 42.1 Å². The first-order valence-electron chi connectivity index (χ1n) is 7.46. The van der Waals surface area contributed by atoms with Gasteiger partial charge in [-0.1, -0.05) is 0 Å². The fraction of sp³-hybridized carbons (Fsp3) is 0.250. The summed E-state index contributed by atoms with van der Waals surface area (Å²) in [7, 11) is 1.56. The van der Waals surface area contributed by atoms with Crippen LogP contribution in [0.25, 0.3) is 10.9 Å². The molecule has 3 N–H and O–H groups in total. The van der Waals surface area contributed by atoms with Crippen LogP contribution in [0.1, 0.15) is 24.6 Å². The molecule has 0 fully saturated rings. The zero-order chi connectivity index (χ0) is 17.1. The van der Waals surface area contributed by atoms with E-state index in [1.807, 2.05) is 25.1 Å². The summed E-state index contributed by atoms with van der Waals surface area (Å²) in [5, 5.41) is 13.2. The molecule has 0 aliphatic rings. The van der Waals surface area contributed by atoms with Crippen molar-refractivity contribution >= 4 is 22.6 Å². The smallest absolute Gasteiger partial charge is 0.319 e. The van der Waals surface area contributed by atoms with Gasteiger partial charge in [0.25, 0.3) is 0 Å². The van der Waals surface area contributed by atoms with Gasteiger partial charge in [0, 0.05) is 11.6 Å². The van der Waals surface area contributed by atoms with Gasteiger partial charge in [0.2, 0.25) is 0 Å². The molecule has 0 radical (unpaired) electrons. The number of anilines is 1. The van der Waals surface area contributed by atoms with Crippen molar-refractivity contribution in [2.75, 3.05) is 12.4 Å². The van der Waals surface area contributed by atoms with Crippen LogP contribution in [0.15, 0.2) is 30.5 Å². The minimum absolute atomic E-state index is 0.339. The maximum Gasteiger partial charge on any atom is 0.319 e. The molecular formula is C16H18N6O2. The van der Waals surface area contributed by atoms with Crippen molar-refractivity contribution < 1.29 is 9.53 Å². The van der Waals surface area contributed by atoms with Gasteiger partial charge < -0.3 is 15.4 Å². The van der Waals surface area contributed by atoms with Gasteiger partial charge in [0.05, 0.1) is 24.4 Å². The van der Waals surface area contributed by atoms with E-state index in [0.717, 1.165) is 10.9 Å². The topological polar surface area (TPSA) is 105 Å². The van der Waals surface area contributed by atoms with Crippen molar-refractivity contribution in [2.45, 2.75) is 19.9 Å². The number of aromatic amines is 1.